The molecule has 1 saturated heterocycles. The van der Waals surface area contributed by atoms with Crippen LogP contribution in [0.2, 0.25) is 0 Å². The number of nitrogens with zero attached hydrogens (tertiary/aromatic N) is 2. The van der Waals surface area contributed by atoms with Gasteiger partial charge in [-0.25, -0.2) is 9.78 Å². The van der Waals surface area contributed by atoms with Gasteiger partial charge in [-0.1, -0.05) is 0 Å². The summed E-state index contributed by atoms with van der Waals surface area (Å²) in [6.07, 6.45) is 2.04. The van der Waals surface area contributed by atoms with E-state index < -0.39 is 12.0 Å². The van der Waals surface area contributed by atoms with Crippen molar-refractivity contribution in [1.82, 2.24) is 9.88 Å². The molecule has 1 aromatic rings. The first kappa shape index (κ1) is 10.1. The van der Waals surface area contributed by atoms with Crippen molar-refractivity contribution in [2.75, 3.05) is 6.54 Å². The fourth-order valence-electron chi connectivity index (χ4n) is 1.49. The third kappa shape index (κ3) is 1.72. The minimum Gasteiger partial charge on any atom is -0.480 e. The van der Waals surface area contributed by atoms with Crippen molar-refractivity contribution in [3.05, 3.63) is 16.1 Å². The second kappa shape index (κ2) is 3.62. The molecule has 0 aromatic carbocycles. The highest BCUT2D eigenvalue weighted by atomic mass is 32.1. The molecule has 1 aliphatic heterocycles. The van der Waals surface area contributed by atoms with E-state index in [-0.39, 0.29) is 5.91 Å². The van der Waals surface area contributed by atoms with Gasteiger partial charge in [-0.15, -0.1) is 11.3 Å². The standard InChI is InChI=1S/C9H10N2O3S/c1-5-10-4-7(15-5)8(12)11-3-2-6(11)9(13)14/h4,6H,2-3H2,1H3,(H,13,14). The Bertz CT molecular complexity index is 415. The van der Waals surface area contributed by atoms with E-state index in [0.717, 1.165) is 5.01 Å². The number of rotatable bonds is 2. The molecule has 0 saturated carbocycles. The summed E-state index contributed by atoms with van der Waals surface area (Å²) in [6.45, 7) is 2.33. The maximum Gasteiger partial charge on any atom is 0.326 e. The molecule has 2 heterocycles. The summed E-state index contributed by atoms with van der Waals surface area (Å²) in [4.78, 5) is 28.4. The van der Waals surface area contributed by atoms with Gasteiger partial charge < -0.3 is 10.0 Å². The minimum absolute atomic E-state index is 0.223. The molecular formula is C9H10N2O3S. The molecule has 0 radical (unpaired) electrons. The minimum atomic E-state index is -0.934. The van der Waals surface area contributed by atoms with Gasteiger partial charge >= 0.3 is 5.97 Å². The number of carbonyl (C=O) groups excluding carboxylic acids is 1. The van der Waals surface area contributed by atoms with Crippen LogP contribution in [-0.2, 0) is 4.79 Å². The molecule has 1 N–H and O–H groups in total. The Labute approximate surface area is 90.4 Å². The number of aromatic nitrogens is 1. The molecule has 1 aliphatic rings. The van der Waals surface area contributed by atoms with E-state index in [1.54, 1.807) is 0 Å². The zero-order valence-electron chi connectivity index (χ0n) is 8.14. The molecule has 2 rings (SSSR count). The number of carboxylic acid groups (broad SMARTS) is 1. The molecule has 0 aliphatic carbocycles. The number of aryl methyl sites for hydroxylation is 1. The average Bonchev–Trinajstić information content (AvgIpc) is 2.48. The largest absolute Gasteiger partial charge is 0.480 e. The molecule has 80 valence electrons. The van der Waals surface area contributed by atoms with E-state index in [2.05, 4.69) is 4.98 Å². The van der Waals surface area contributed by atoms with Crippen molar-refractivity contribution < 1.29 is 14.7 Å². The molecule has 1 atom stereocenters. The summed E-state index contributed by atoms with van der Waals surface area (Å²) in [6, 6.07) is -0.653. The van der Waals surface area contributed by atoms with Gasteiger partial charge in [0.25, 0.3) is 5.91 Å². The van der Waals surface area contributed by atoms with Crippen LogP contribution >= 0.6 is 11.3 Å². The van der Waals surface area contributed by atoms with Gasteiger partial charge in [0.15, 0.2) is 0 Å². The Morgan fingerprint density at radius 3 is 2.80 bits per heavy atom. The van der Waals surface area contributed by atoms with Crippen molar-refractivity contribution in [3.63, 3.8) is 0 Å². The first-order valence-corrected chi connectivity index (χ1v) is 5.37. The van der Waals surface area contributed by atoms with Crippen LogP contribution in [0, 0.1) is 6.92 Å². The lowest BCUT2D eigenvalue weighted by atomic mass is 10.0. The van der Waals surface area contributed by atoms with Crippen LogP contribution in [-0.4, -0.2) is 39.5 Å². The van der Waals surface area contributed by atoms with Gasteiger partial charge in [0, 0.05) is 6.54 Å². The fraction of sp³-hybridized carbons (Fsp3) is 0.444. The number of carbonyl (C=O) groups is 2. The summed E-state index contributed by atoms with van der Waals surface area (Å²) >= 11 is 1.29. The van der Waals surface area contributed by atoms with Crippen molar-refractivity contribution in [1.29, 1.82) is 0 Å². The van der Waals surface area contributed by atoms with Gasteiger partial charge in [-0.2, -0.15) is 0 Å². The van der Waals surface area contributed by atoms with Gasteiger partial charge in [0.2, 0.25) is 0 Å². The van der Waals surface area contributed by atoms with Crippen LogP contribution in [0.25, 0.3) is 0 Å². The Morgan fingerprint density at radius 1 is 1.67 bits per heavy atom. The number of likely N-dealkylation sites (tertiary alicyclic amines) is 1. The number of carboxylic acids is 1. The predicted molar refractivity (Wildman–Crippen MR) is 53.9 cm³/mol. The maximum absolute atomic E-state index is 11.8. The third-order valence-corrected chi connectivity index (χ3v) is 3.30. The van der Waals surface area contributed by atoms with E-state index in [1.807, 2.05) is 6.92 Å². The molecule has 5 nitrogen and oxygen atoms in total. The third-order valence-electron chi connectivity index (χ3n) is 2.40. The zero-order chi connectivity index (χ0) is 11.0. The van der Waals surface area contributed by atoms with Crippen LogP contribution < -0.4 is 0 Å². The lowest BCUT2D eigenvalue weighted by molar-refractivity contribution is -0.146. The molecule has 1 aromatic heterocycles. The normalized spacial score (nSPS) is 19.8. The van der Waals surface area contributed by atoms with Crippen molar-refractivity contribution >= 4 is 23.2 Å². The lowest BCUT2D eigenvalue weighted by Crippen LogP contribution is -2.54. The molecule has 1 unspecified atom stereocenters. The number of hydrogen-bond acceptors (Lipinski definition) is 4. The Balaban J connectivity index is 2.12. The van der Waals surface area contributed by atoms with Crippen LogP contribution in [0.15, 0.2) is 6.20 Å². The summed E-state index contributed by atoms with van der Waals surface area (Å²) in [5.74, 6) is -1.16. The van der Waals surface area contributed by atoms with E-state index in [4.69, 9.17) is 5.11 Å². The molecule has 6 heteroatoms. The number of hydrogen-bond donors (Lipinski definition) is 1. The van der Waals surface area contributed by atoms with E-state index in [9.17, 15) is 9.59 Å². The monoisotopic (exact) mass is 226 g/mol. The molecule has 15 heavy (non-hydrogen) atoms. The first-order chi connectivity index (χ1) is 7.09. The smallest absolute Gasteiger partial charge is 0.326 e. The Morgan fingerprint density at radius 2 is 2.40 bits per heavy atom. The molecule has 0 spiro atoms. The van der Waals surface area contributed by atoms with Crippen LogP contribution in [0.4, 0.5) is 0 Å². The molecule has 0 bridgehead atoms. The van der Waals surface area contributed by atoms with Gasteiger partial charge in [0.1, 0.15) is 10.9 Å². The lowest BCUT2D eigenvalue weighted by Gasteiger charge is -2.37. The van der Waals surface area contributed by atoms with Gasteiger partial charge in [-0.3, -0.25) is 4.79 Å². The van der Waals surface area contributed by atoms with E-state index in [0.29, 0.717) is 17.8 Å². The highest BCUT2D eigenvalue weighted by Gasteiger charge is 2.38. The van der Waals surface area contributed by atoms with Crippen LogP contribution in [0.1, 0.15) is 21.1 Å². The average molecular weight is 226 g/mol. The van der Waals surface area contributed by atoms with Crippen LogP contribution in [0.3, 0.4) is 0 Å². The summed E-state index contributed by atoms with van der Waals surface area (Å²) < 4.78 is 0. The predicted octanol–water partition coefficient (Wildman–Crippen LogP) is 0.751. The zero-order valence-corrected chi connectivity index (χ0v) is 8.95. The first-order valence-electron chi connectivity index (χ1n) is 4.56. The number of amides is 1. The van der Waals surface area contributed by atoms with E-state index >= 15 is 0 Å². The fourth-order valence-corrected chi connectivity index (χ4v) is 2.22. The molecule has 1 fully saturated rings. The van der Waals surface area contributed by atoms with Crippen molar-refractivity contribution in [2.24, 2.45) is 0 Å². The van der Waals surface area contributed by atoms with Crippen LogP contribution in [0.5, 0.6) is 0 Å². The van der Waals surface area contributed by atoms with Gasteiger partial charge in [0.05, 0.1) is 11.2 Å². The quantitative estimate of drug-likeness (QED) is 0.807. The SMILES string of the molecule is Cc1ncc(C(=O)N2CCC2C(=O)O)s1. The Kier molecular flexibility index (Phi) is 2.44. The topological polar surface area (TPSA) is 70.5 Å². The Hall–Kier alpha value is -1.43. The summed E-state index contributed by atoms with van der Waals surface area (Å²) in [7, 11) is 0. The van der Waals surface area contributed by atoms with E-state index in [1.165, 1.54) is 22.4 Å². The number of aliphatic carboxylic acids is 1. The number of thiazole rings is 1. The highest BCUT2D eigenvalue weighted by Crippen LogP contribution is 2.23. The summed E-state index contributed by atoms with van der Waals surface area (Å²) in [5, 5.41) is 9.61. The van der Waals surface area contributed by atoms with Crippen molar-refractivity contribution in [2.45, 2.75) is 19.4 Å². The van der Waals surface area contributed by atoms with Crippen molar-refractivity contribution in [3.8, 4) is 0 Å². The summed E-state index contributed by atoms with van der Waals surface area (Å²) in [5.41, 5.74) is 0. The second-order valence-electron chi connectivity index (χ2n) is 3.38. The second-order valence-corrected chi connectivity index (χ2v) is 4.62. The molecule has 1 amide bonds. The highest BCUT2D eigenvalue weighted by molar-refractivity contribution is 7.13. The molecular weight excluding hydrogens is 216 g/mol. The van der Waals surface area contributed by atoms with Gasteiger partial charge in [-0.05, 0) is 13.3 Å². The maximum atomic E-state index is 11.8.